The molecular formula is C13H27N3O. The van der Waals surface area contributed by atoms with Gasteiger partial charge in [0.1, 0.15) is 0 Å². The zero-order chi connectivity index (χ0) is 12.8. The van der Waals surface area contributed by atoms with Crippen LogP contribution in [0.5, 0.6) is 0 Å². The maximum Gasteiger partial charge on any atom is 0.239 e. The average Bonchev–Trinajstić information content (AvgIpc) is 3.15. The summed E-state index contributed by atoms with van der Waals surface area (Å²) in [4.78, 5) is 16.6. The third-order valence-electron chi connectivity index (χ3n) is 3.57. The van der Waals surface area contributed by atoms with Gasteiger partial charge in [0.2, 0.25) is 5.91 Å². The molecule has 1 atom stereocenters. The molecule has 1 unspecified atom stereocenters. The fourth-order valence-electron chi connectivity index (χ4n) is 2.31. The van der Waals surface area contributed by atoms with Crippen molar-refractivity contribution in [2.24, 2.45) is 5.73 Å². The third-order valence-corrected chi connectivity index (χ3v) is 3.57. The van der Waals surface area contributed by atoms with E-state index in [1.165, 1.54) is 12.8 Å². The second-order valence-corrected chi connectivity index (χ2v) is 4.80. The van der Waals surface area contributed by atoms with Gasteiger partial charge in [0.05, 0.1) is 6.04 Å². The molecule has 0 saturated heterocycles. The van der Waals surface area contributed by atoms with Crippen molar-refractivity contribution in [1.29, 1.82) is 0 Å². The van der Waals surface area contributed by atoms with Crippen molar-refractivity contribution in [2.45, 2.75) is 52.1 Å². The van der Waals surface area contributed by atoms with Crippen LogP contribution in [0.1, 0.15) is 40.0 Å². The predicted octanol–water partition coefficient (Wildman–Crippen LogP) is 1.06. The highest BCUT2D eigenvalue weighted by Crippen LogP contribution is 2.29. The molecule has 1 aliphatic carbocycles. The van der Waals surface area contributed by atoms with Gasteiger partial charge in [-0.2, -0.15) is 0 Å². The summed E-state index contributed by atoms with van der Waals surface area (Å²) in [6.07, 6.45) is 3.45. The molecule has 0 aliphatic heterocycles. The minimum absolute atomic E-state index is 0.00829. The van der Waals surface area contributed by atoms with E-state index in [4.69, 9.17) is 5.73 Å². The van der Waals surface area contributed by atoms with E-state index in [0.29, 0.717) is 12.6 Å². The van der Waals surface area contributed by atoms with Crippen molar-refractivity contribution in [3.05, 3.63) is 0 Å². The van der Waals surface area contributed by atoms with Gasteiger partial charge in [0.25, 0.3) is 0 Å². The van der Waals surface area contributed by atoms with E-state index in [1.807, 2.05) is 25.7 Å². The summed E-state index contributed by atoms with van der Waals surface area (Å²) in [5, 5.41) is 0. The topological polar surface area (TPSA) is 49.6 Å². The Morgan fingerprint density at radius 1 is 1.35 bits per heavy atom. The van der Waals surface area contributed by atoms with Crippen LogP contribution >= 0.6 is 0 Å². The van der Waals surface area contributed by atoms with Gasteiger partial charge in [-0.3, -0.25) is 9.69 Å². The standard InChI is InChI=1S/C13H27N3O/c1-4-15(5-2)13(17)11(3)16(10-6-9-14)12-7-8-12/h11-12H,4-10,14H2,1-3H3. The number of hydrogen-bond donors (Lipinski definition) is 1. The van der Waals surface area contributed by atoms with Gasteiger partial charge in [-0.15, -0.1) is 0 Å². The van der Waals surface area contributed by atoms with Crippen molar-refractivity contribution in [3.63, 3.8) is 0 Å². The van der Waals surface area contributed by atoms with Crippen LogP contribution in [0.3, 0.4) is 0 Å². The molecule has 4 heteroatoms. The number of carbonyl (C=O) groups is 1. The molecule has 0 spiro atoms. The molecule has 100 valence electrons. The highest BCUT2D eigenvalue weighted by Gasteiger charge is 2.35. The van der Waals surface area contributed by atoms with E-state index in [1.54, 1.807) is 0 Å². The number of likely N-dealkylation sites (N-methyl/N-ethyl adjacent to an activating group) is 1. The van der Waals surface area contributed by atoms with Crippen molar-refractivity contribution < 1.29 is 4.79 Å². The van der Waals surface area contributed by atoms with Crippen LogP contribution in [0.2, 0.25) is 0 Å². The molecule has 0 aromatic rings. The van der Waals surface area contributed by atoms with Crippen molar-refractivity contribution in [2.75, 3.05) is 26.2 Å². The molecule has 1 aliphatic rings. The first kappa shape index (κ1) is 14.5. The van der Waals surface area contributed by atoms with E-state index in [9.17, 15) is 4.79 Å². The normalized spacial score (nSPS) is 17.2. The van der Waals surface area contributed by atoms with Crippen molar-refractivity contribution >= 4 is 5.91 Å². The fourth-order valence-corrected chi connectivity index (χ4v) is 2.31. The third kappa shape index (κ3) is 3.96. The monoisotopic (exact) mass is 241 g/mol. The molecule has 4 nitrogen and oxygen atoms in total. The Hall–Kier alpha value is -0.610. The lowest BCUT2D eigenvalue weighted by Crippen LogP contribution is -2.48. The maximum atomic E-state index is 12.3. The Morgan fingerprint density at radius 2 is 1.94 bits per heavy atom. The minimum atomic E-state index is 0.00829. The summed E-state index contributed by atoms with van der Waals surface area (Å²) in [6, 6.07) is 0.630. The van der Waals surface area contributed by atoms with Crippen LogP contribution in [0.25, 0.3) is 0 Å². The van der Waals surface area contributed by atoms with E-state index in [2.05, 4.69) is 4.90 Å². The second kappa shape index (κ2) is 6.97. The lowest BCUT2D eigenvalue weighted by molar-refractivity contribution is -0.136. The van der Waals surface area contributed by atoms with Gasteiger partial charge < -0.3 is 10.6 Å². The summed E-state index contributed by atoms with van der Waals surface area (Å²) in [7, 11) is 0. The summed E-state index contributed by atoms with van der Waals surface area (Å²) in [5.41, 5.74) is 5.56. The Morgan fingerprint density at radius 3 is 2.35 bits per heavy atom. The molecule has 0 bridgehead atoms. The highest BCUT2D eigenvalue weighted by atomic mass is 16.2. The van der Waals surface area contributed by atoms with Crippen molar-refractivity contribution in [1.82, 2.24) is 9.80 Å². The van der Waals surface area contributed by atoms with E-state index in [-0.39, 0.29) is 11.9 Å². The molecule has 0 heterocycles. The van der Waals surface area contributed by atoms with E-state index in [0.717, 1.165) is 26.1 Å². The molecule has 0 aromatic heterocycles. The molecule has 0 radical (unpaired) electrons. The van der Waals surface area contributed by atoms with Gasteiger partial charge in [-0.25, -0.2) is 0 Å². The summed E-state index contributed by atoms with van der Waals surface area (Å²) in [6.45, 7) is 9.37. The molecule has 1 fully saturated rings. The summed E-state index contributed by atoms with van der Waals surface area (Å²) >= 11 is 0. The Balaban J connectivity index is 2.56. The summed E-state index contributed by atoms with van der Waals surface area (Å²) in [5.74, 6) is 0.263. The van der Waals surface area contributed by atoms with Gasteiger partial charge in [-0.1, -0.05) is 0 Å². The lowest BCUT2D eigenvalue weighted by atomic mass is 10.2. The Kier molecular flexibility index (Phi) is 5.92. The first-order valence-electron chi connectivity index (χ1n) is 6.90. The number of carbonyl (C=O) groups excluding carboxylic acids is 1. The first-order valence-corrected chi connectivity index (χ1v) is 6.90. The maximum absolute atomic E-state index is 12.3. The van der Waals surface area contributed by atoms with Crippen LogP contribution in [-0.4, -0.2) is 54.0 Å². The molecule has 0 aromatic carbocycles. The largest absolute Gasteiger partial charge is 0.342 e. The van der Waals surface area contributed by atoms with E-state index < -0.39 is 0 Å². The smallest absolute Gasteiger partial charge is 0.239 e. The Bertz CT molecular complexity index is 237. The lowest BCUT2D eigenvalue weighted by Gasteiger charge is -2.32. The molecule has 1 saturated carbocycles. The van der Waals surface area contributed by atoms with Crippen LogP contribution in [-0.2, 0) is 4.79 Å². The predicted molar refractivity (Wildman–Crippen MR) is 70.8 cm³/mol. The number of hydrogen-bond acceptors (Lipinski definition) is 3. The van der Waals surface area contributed by atoms with Crippen LogP contribution in [0.15, 0.2) is 0 Å². The van der Waals surface area contributed by atoms with Gasteiger partial charge in [-0.05, 0) is 46.6 Å². The number of nitrogens with zero attached hydrogens (tertiary/aromatic N) is 2. The van der Waals surface area contributed by atoms with Gasteiger partial charge >= 0.3 is 0 Å². The molecular weight excluding hydrogens is 214 g/mol. The average molecular weight is 241 g/mol. The second-order valence-electron chi connectivity index (χ2n) is 4.80. The number of amides is 1. The quantitative estimate of drug-likeness (QED) is 0.691. The fraction of sp³-hybridized carbons (Fsp3) is 0.923. The Labute approximate surface area is 105 Å². The molecule has 2 N–H and O–H groups in total. The van der Waals surface area contributed by atoms with Crippen LogP contribution in [0, 0.1) is 0 Å². The zero-order valence-electron chi connectivity index (χ0n) is 11.5. The summed E-state index contributed by atoms with van der Waals surface area (Å²) < 4.78 is 0. The molecule has 17 heavy (non-hydrogen) atoms. The highest BCUT2D eigenvalue weighted by molar-refractivity contribution is 5.81. The van der Waals surface area contributed by atoms with Crippen molar-refractivity contribution in [3.8, 4) is 0 Å². The van der Waals surface area contributed by atoms with Gasteiger partial charge in [0.15, 0.2) is 0 Å². The van der Waals surface area contributed by atoms with Crippen LogP contribution in [0.4, 0.5) is 0 Å². The SMILES string of the molecule is CCN(CC)C(=O)C(C)N(CCCN)C1CC1. The molecule has 1 rings (SSSR count). The number of rotatable bonds is 8. The zero-order valence-corrected chi connectivity index (χ0v) is 11.5. The minimum Gasteiger partial charge on any atom is -0.342 e. The van der Waals surface area contributed by atoms with E-state index >= 15 is 0 Å². The number of nitrogens with two attached hydrogens (primary N) is 1. The molecule has 1 amide bonds. The van der Waals surface area contributed by atoms with Crippen LogP contribution < -0.4 is 5.73 Å². The first-order chi connectivity index (χ1) is 8.15. The van der Waals surface area contributed by atoms with Gasteiger partial charge in [0, 0.05) is 25.7 Å².